The molecule has 29 heavy (non-hydrogen) atoms. The molecule has 9 heteroatoms. The fraction of sp³-hybridized carbons (Fsp3) is 0.350. The van der Waals surface area contributed by atoms with E-state index in [1.807, 2.05) is 6.07 Å². The first-order valence-electron chi connectivity index (χ1n) is 8.97. The van der Waals surface area contributed by atoms with Crippen LogP contribution < -0.4 is 19.5 Å². The molecule has 1 N–H and O–H groups in total. The molecule has 0 saturated carbocycles. The van der Waals surface area contributed by atoms with Crippen molar-refractivity contribution < 1.29 is 32.2 Å². The van der Waals surface area contributed by atoms with Crippen molar-refractivity contribution in [3.63, 3.8) is 0 Å². The van der Waals surface area contributed by atoms with Crippen molar-refractivity contribution in [3.8, 4) is 17.2 Å². The average Bonchev–Trinajstić information content (AvgIpc) is 3.19. The quantitative estimate of drug-likeness (QED) is 0.742. The average molecular weight is 410 g/mol. The Morgan fingerprint density at radius 2 is 1.90 bits per heavy atom. The molecule has 0 radical (unpaired) electrons. The Bertz CT molecular complexity index is 879. The van der Waals surface area contributed by atoms with E-state index < -0.39 is 24.2 Å². The van der Waals surface area contributed by atoms with Gasteiger partial charge in [0.05, 0.1) is 20.3 Å². The predicted octanol–water partition coefficient (Wildman–Crippen LogP) is 4.81. The molecule has 0 bridgehead atoms. The number of urea groups is 1. The molecule has 0 aromatic heterocycles. The van der Waals surface area contributed by atoms with Crippen LogP contribution in [-0.4, -0.2) is 38.3 Å². The molecule has 0 spiro atoms. The van der Waals surface area contributed by atoms with E-state index in [9.17, 15) is 18.0 Å². The Labute approximate surface area is 166 Å². The Hall–Kier alpha value is -3.10. The molecule has 1 atom stereocenters. The van der Waals surface area contributed by atoms with Gasteiger partial charge in [0.25, 0.3) is 0 Å². The number of anilines is 1. The maximum absolute atomic E-state index is 13.9. The first kappa shape index (κ1) is 20.6. The zero-order chi connectivity index (χ0) is 21.0. The third-order valence-corrected chi connectivity index (χ3v) is 4.71. The molecule has 1 unspecified atom stereocenters. The minimum atomic E-state index is -3.13. The molecule has 2 amide bonds. The van der Waals surface area contributed by atoms with Gasteiger partial charge in [-0.25, -0.2) is 9.18 Å². The van der Waals surface area contributed by atoms with E-state index in [0.717, 1.165) is 30.5 Å². The Morgan fingerprint density at radius 3 is 2.55 bits per heavy atom. The summed E-state index contributed by atoms with van der Waals surface area (Å²) in [5, 5.41) is 2.60. The first-order chi connectivity index (χ1) is 13.9. The summed E-state index contributed by atoms with van der Waals surface area (Å²) in [7, 11) is 3.11. The van der Waals surface area contributed by atoms with E-state index >= 15 is 0 Å². The van der Waals surface area contributed by atoms with Crippen molar-refractivity contribution in [1.29, 1.82) is 0 Å². The summed E-state index contributed by atoms with van der Waals surface area (Å²) in [4.78, 5) is 14.4. The number of amides is 2. The van der Waals surface area contributed by atoms with Crippen LogP contribution in [0.1, 0.15) is 24.4 Å². The SMILES string of the molecule is COc1ccc(OC)c(C2CCCN2C(=O)Nc2ccc(OC(F)F)c(F)c2)c1. The van der Waals surface area contributed by atoms with Gasteiger partial charge in [0.2, 0.25) is 0 Å². The van der Waals surface area contributed by atoms with E-state index in [2.05, 4.69) is 10.1 Å². The zero-order valence-electron chi connectivity index (χ0n) is 16.0. The van der Waals surface area contributed by atoms with Crippen LogP contribution >= 0.6 is 0 Å². The number of carbonyl (C=O) groups excluding carboxylic acids is 1. The number of likely N-dealkylation sites (tertiary alicyclic amines) is 1. The molecule has 156 valence electrons. The molecule has 6 nitrogen and oxygen atoms in total. The highest BCUT2D eigenvalue weighted by Crippen LogP contribution is 2.39. The van der Waals surface area contributed by atoms with E-state index in [1.54, 1.807) is 31.3 Å². The maximum Gasteiger partial charge on any atom is 0.387 e. The van der Waals surface area contributed by atoms with Crippen molar-refractivity contribution in [1.82, 2.24) is 4.90 Å². The highest BCUT2D eigenvalue weighted by molar-refractivity contribution is 5.90. The summed E-state index contributed by atoms with van der Waals surface area (Å²) in [6.07, 6.45) is 1.51. The van der Waals surface area contributed by atoms with Gasteiger partial charge in [-0.15, -0.1) is 0 Å². The van der Waals surface area contributed by atoms with Crippen LogP contribution in [0, 0.1) is 5.82 Å². The molecular formula is C20H21F3N2O4. The van der Waals surface area contributed by atoms with Gasteiger partial charge in [-0.3, -0.25) is 0 Å². The normalized spacial score (nSPS) is 16.1. The summed E-state index contributed by atoms with van der Waals surface area (Å²) in [6, 6.07) is 7.98. The molecule has 3 rings (SSSR count). The monoisotopic (exact) mass is 410 g/mol. The van der Waals surface area contributed by atoms with Crippen molar-refractivity contribution in [2.75, 3.05) is 26.1 Å². The number of nitrogens with one attached hydrogen (secondary N) is 1. The third-order valence-electron chi connectivity index (χ3n) is 4.71. The van der Waals surface area contributed by atoms with E-state index in [-0.39, 0.29) is 11.7 Å². The van der Waals surface area contributed by atoms with Crippen LogP contribution in [0.3, 0.4) is 0 Å². The fourth-order valence-corrected chi connectivity index (χ4v) is 3.40. The minimum Gasteiger partial charge on any atom is -0.497 e. The summed E-state index contributed by atoms with van der Waals surface area (Å²) in [5.41, 5.74) is 0.948. The summed E-state index contributed by atoms with van der Waals surface area (Å²) in [6.45, 7) is -2.63. The van der Waals surface area contributed by atoms with Crippen LogP contribution in [0.15, 0.2) is 36.4 Å². The van der Waals surface area contributed by atoms with Gasteiger partial charge in [-0.2, -0.15) is 8.78 Å². The standard InChI is InChI=1S/C20H21F3N2O4/c1-27-13-6-8-17(28-2)14(11-13)16-4-3-9-25(16)20(26)24-12-5-7-18(15(21)10-12)29-19(22)23/h5-8,10-11,16,19H,3-4,9H2,1-2H3,(H,24,26). The molecule has 1 heterocycles. The van der Waals surface area contributed by atoms with Crippen molar-refractivity contribution >= 4 is 11.7 Å². The largest absolute Gasteiger partial charge is 0.497 e. The number of benzene rings is 2. The molecule has 2 aromatic rings. The summed E-state index contributed by atoms with van der Waals surface area (Å²) >= 11 is 0. The van der Waals surface area contributed by atoms with Gasteiger partial charge in [0.15, 0.2) is 11.6 Å². The second kappa shape index (κ2) is 8.93. The van der Waals surface area contributed by atoms with Crippen molar-refractivity contribution in [2.24, 2.45) is 0 Å². The van der Waals surface area contributed by atoms with Crippen LogP contribution in [0.4, 0.5) is 23.7 Å². The molecule has 1 saturated heterocycles. The second-order valence-corrected chi connectivity index (χ2v) is 6.41. The van der Waals surface area contributed by atoms with Crippen LogP contribution in [0.2, 0.25) is 0 Å². The smallest absolute Gasteiger partial charge is 0.387 e. The Kier molecular flexibility index (Phi) is 6.36. The molecule has 1 aliphatic heterocycles. The summed E-state index contributed by atoms with van der Waals surface area (Å²) in [5.74, 6) is -0.298. The minimum absolute atomic E-state index is 0.136. The summed E-state index contributed by atoms with van der Waals surface area (Å²) < 4.78 is 53.2. The predicted molar refractivity (Wildman–Crippen MR) is 100 cm³/mol. The maximum atomic E-state index is 13.9. The van der Waals surface area contributed by atoms with Crippen molar-refractivity contribution in [2.45, 2.75) is 25.5 Å². The van der Waals surface area contributed by atoms with Crippen LogP contribution in [0.5, 0.6) is 17.2 Å². The molecule has 1 fully saturated rings. The van der Waals surface area contributed by atoms with Crippen LogP contribution in [-0.2, 0) is 0 Å². The van der Waals surface area contributed by atoms with Gasteiger partial charge in [-0.05, 0) is 43.2 Å². The second-order valence-electron chi connectivity index (χ2n) is 6.41. The number of halogens is 3. The molecule has 2 aromatic carbocycles. The van der Waals surface area contributed by atoms with Gasteiger partial charge in [0.1, 0.15) is 11.5 Å². The Balaban J connectivity index is 1.78. The number of carbonyl (C=O) groups is 1. The number of nitrogens with zero attached hydrogens (tertiary/aromatic N) is 1. The van der Waals surface area contributed by atoms with Crippen molar-refractivity contribution in [3.05, 3.63) is 47.8 Å². The van der Waals surface area contributed by atoms with E-state index in [1.165, 1.54) is 6.07 Å². The highest BCUT2D eigenvalue weighted by atomic mass is 19.3. The van der Waals surface area contributed by atoms with Gasteiger partial charge < -0.3 is 24.4 Å². The number of hydrogen-bond donors (Lipinski definition) is 1. The van der Waals surface area contributed by atoms with Gasteiger partial charge in [-0.1, -0.05) is 0 Å². The number of rotatable bonds is 6. The zero-order valence-corrected chi connectivity index (χ0v) is 16.0. The molecule has 0 aliphatic carbocycles. The number of alkyl halides is 2. The Morgan fingerprint density at radius 1 is 1.14 bits per heavy atom. The first-order valence-corrected chi connectivity index (χ1v) is 8.97. The van der Waals surface area contributed by atoms with E-state index in [4.69, 9.17) is 9.47 Å². The lowest BCUT2D eigenvalue weighted by Gasteiger charge is -2.27. The topological polar surface area (TPSA) is 60.0 Å². The molecule has 1 aliphatic rings. The number of methoxy groups -OCH3 is 2. The number of hydrogen-bond acceptors (Lipinski definition) is 4. The lowest BCUT2D eigenvalue weighted by atomic mass is 10.0. The fourth-order valence-electron chi connectivity index (χ4n) is 3.40. The highest BCUT2D eigenvalue weighted by Gasteiger charge is 2.32. The lowest BCUT2D eigenvalue weighted by Crippen LogP contribution is -2.34. The third kappa shape index (κ3) is 4.67. The molecular weight excluding hydrogens is 389 g/mol. The lowest BCUT2D eigenvalue weighted by molar-refractivity contribution is -0.0521. The number of ether oxygens (including phenoxy) is 3. The van der Waals surface area contributed by atoms with Gasteiger partial charge in [0, 0.05) is 23.9 Å². The van der Waals surface area contributed by atoms with Gasteiger partial charge >= 0.3 is 12.6 Å². The van der Waals surface area contributed by atoms with E-state index in [0.29, 0.717) is 18.0 Å². The van der Waals surface area contributed by atoms with Crippen LogP contribution in [0.25, 0.3) is 0 Å².